The lowest BCUT2D eigenvalue weighted by molar-refractivity contribution is -0.120. The van der Waals surface area contributed by atoms with Crippen molar-refractivity contribution in [2.24, 2.45) is 5.92 Å². The second-order valence-corrected chi connectivity index (χ2v) is 5.71. The Balaban J connectivity index is 2.51. The third-order valence-electron chi connectivity index (χ3n) is 2.19. The second-order valence-electron chi connectivity index (χ2n) is 4.33. The van der Waals surface area contributed by atoms with Crippen LogP contribution in [0.4, 0.5) is 4.39 Å². The molecule has 0 heterocycles. The molecule has 0 radical (unpaired) electrons. The van der Waals surface area contributed by atoms with E-state index in [0.29, 0.717) is 17.4 Å². The minimum Gasteiger partial charge on any atom is -0.355 e. The number of halogens is 1. The maximum Gasteiger partial charge on any atom is 0.233 e. The second kappa shape index (κ2) is 6.64. The molecule has 1 N–H and O–H groups in total. The number of nitrogens with one attached hydrogen (secondary N) is 1. The Kier molecular flexibility index (Phi) is 5.48. The number of thioether (sulfide) groups is 1. The van der Waals surface area contributed by atoms with Crippen LogP contribution in [0.3, 0.4) is 0 Å². The summed E-state index contributed by atoms with van der Waals surface area (Å²) >= 11 is 1.24. The van der Waals surface area contributed by atoms with Gasteiger partial charge in [0.25, 0.3) is 0 Å². The van der Waals surface area contributed by atoms with Crippen LogP contribution in [0.25, 0.3) is 0 Å². The van der Waals surface area contributed by atoms with E-state index in [0.717, 1.165) is 0 Å². The molecule has 0 aliphatic carbocycles. The third kappa shape index (κ3) is 4.77. The van der Waals surface area contributed by atoms with E-state index in [9.17, 15) is 9.18 Å². The number of amides is 1. The summed E-state index contributed by atoms with van der Waals surface area (Å²) in [6, 6.07) is 6.50. The largest absolute Gasteiger partial charge is 0.355 e. The lowest BCUT2D eigenvalue weighted by Crippen LogP contribution is -2.33. The van der Waals surface area contributed by atoms with Gasteiger partial charge in [0.05, 0.1) is 5.25 Å². The molecule has 0 aromatic heterocycles. The fraction of sp³-hybridized carbons (Fsp3) is 0.462. The zero-order valence-corrected chi connectivity index (χ0v) is 11.2. The molecule has 0 saturated carbocycles. The van der Waals surface area contributed by atoms with E-state index in [4.69, 9.17) is 0 Å². The molecule has 0 aliphatic rings. The van der Waals surface area contributed by atoms with Crippen molar-refractivity contribution in [3.05, 3.63) is 30.1 Å². The van der Waals surface area contributed by atoms with E-state index >= 15 is 0 Å². The molecule has 1 aromatic carbocycles. The molecule has 1 rings (SSSR count). The molecule has 0 saturated heterocycles. The van der Waals surface area contributed by atoms with E-state index in [-0.39, 0.29) is 17.0 Å². The van der Waals surface area contributed by atoms with Crippen molar-refractivity contribution in [2.45, 2.75) is 30.9 Å². The van der Waals surface area contributed by atoms with Crippen molar-refractivity contribution in [2.75, 3.05) is 6.54 Å². The van der Waals surface area contributed by atoms with Gasteiger partial charge in [-0.15, -0.1) is 11.8 Å². The average Bonchev–Trinajstić information content (AvgIpc) is 2.28. The van der Waals surface area contributed by atoms with Gasteiger partial charge in [-0.2, -0.15) is 0 Å². The maximum atomic E-state index is 13.4. The summed E-state index contributed by atoms with van der Waals surface area (Å²) in [6.45, 7) is 6.51. The molecule has 0 aliphatic heterocycles. The van der Waals surface area contributed by atoms with Crippen molar-refractivity contribution >= 4 is 17.7 Å². The molecular weight excluding hydrogens is 237 g/mol. The Labute approximate surface area is 106 Å². The quantitative estimate of drug-likeness (QED) is 0.819. The molecule has 4 heteroatoms. The van der Waals surface area contributed by atoms with Crippen molar-refractivity contribution in [1.29, 1.82) is 0 Å². The van der Waals surface area contributed by atoms with E-state index in [1.807, 2.05) is 13.8 Å². The zero-order chi connectivity index (χ0) is 12.8. The lowest BCUT2D eigenvalue weighted by atomic mass is 10.2. The van der Waals surface area contributed by atoms with Gasteiger partial charge in [0.15, 0.2) is 0 Å². The first-order valence-electron chi connectivity index (χ1n) is 5.69. The molecule has 1 atom stereocenters. The van der Waals surface area contributed by atoms with E-state index in [1.54, 1.807) is 25.1 Å². The molecule has 1 aromatic rings. The minimum absolute atomic E-state index is 0.0491. The van der Waals surface area contributed by atoms with Gasteiger partial charge in [-0.3, -0.25) is 4.79 Å². The number of benzene rings is 1. The van der Waals surface area contributed by atoms with Crippen LogP contribution in [0.1, 0.15) is 20.8 Å². The summed E-state index contributed by atoms with van der Waals surface area (Å²) in [5.41, 5.74) is 0. The van der Waals surface area contributed by atoms with Crippen molar-refractivity contribution in [3.8, 4) is 0 Å². The number of rotatable bonds is 5. The summed E-state index contributed by atoms with van der Waals surface area (Å²) in [6.07, 6.45) is 0. The fourth-order valence-electron chi connectivity index (χ4n) is 1.23. The first kappa shape index (κ1) is 14.0. The monoisotopic (exact) mass is 255 g/mol. The number of hydrogen-bond donors (Lipinski definition) is 1. The minimum atomic E-state index is -0.286. The SMILES string of the molecule is CC(C)CNC(=O)C(C)Sc1ccccc1F. The molecule has 2 nitrogen and oxygen atoms in total. The van der Waals surface area contributed by atoms with E-state index < -0.39 is 0 Å². The van der Waals surface area contributed by atoms with Gasteiger partial charge in [-0.1, -0.05) is 26.0 Å². The van der Waals surface area contributed by atoms with Gasteiger partial charge < -0.3 is 5.32 Å². The highest BCUT2D eigenvalue weighted by atomic mass is 32.2. The van der Waals surface area contributed by atoms with Crippen LogP contribution in [-0.2, 0) is 4.79 Å². The summed E-state index contributed by atoms with van der Waals surface area (Å²) in [4.78, 5) is 12.2. The van der Waals surface area contributed by atoms with Crippen LogP contribution in [0.2, 0.25) is 0 Å². The number of carbonyl (C=O) groups is 1. The summed E-state index contributed by atoms with van der Waals surface area (Å²) in [5.74, 6) is 0.0950. The smallest absolute Gasteiger partial charge is 0.233 e. The summed E-state index contributed by atoms with van der Waals surface area (Å²) in [7, 11) is 0. The maximum absolute atomic E-state index is 13.4. The average molecular weight is 255 g/mol. The van der Waals surface area contributed by atoms with Gasteiger partial charge in [0.1, 0.15) is 5.82 Å². The highest BCUT2D eigenvalue weighted by Crippen LogP contribution is 2.25. The van der Waals surface area contributed by atoms with Crippen LogP contribution in [0, 0.1) is 11.7 Å². The summed E-state index contributed by atoms with van der Waals surface area (Å²) in [5, 5.41) is 2.55. The molecule has 0 spiro atoms. The Bertz CT molecular complexity index is 381. The molecule has 17 heavy (non-hydrogen) atoms. The van der Waals surface area contributed by atoms with E-state index in [2.05, 4.69) is 5.32 Å². The number of hydrogen-bond acceptors (Lipinski definition) is 2. The van der Waals surface area contributed by atoms with E-state index in [1.165, 1.54) is 17.8 Å². The lowest BCUT2D eigenvalue weighted by Gasteiger charge is -2.13. The third-order valence-corrected chi connectivity index (χ3v) is 3.35. The molecule has 94 valence electrons. The van der Waals surface area contributed by atoms with Gasteiger partial charge in [-0.05, 0) is 25.0 Å². The van der Waals surface area contributed by atoms with Crippen molar-refractivity contribution < 1.29 is 9.18 Å². The van der Waals surface area contributed by atoms with Crippen LogP contribution in [-0.4, -0.2) is 17.7 Å². The highest BCUT2D eigenvalue weighted by molar-refractivity contribution is 8.00. The van der Waals surface area contributed by atoms with Gasteiger partial charge in [0, 0.05) is 11.4 Å². The van der Waals surface area contributed by atoms with Crippen LogP contribution in [0.15, 0.2) is 29.2 Å². The molecule has 0 bridgehead atoms. The topological polar surface area (TPSA) is 29.1 Å². The van der Waals surface area contributed by atoms with Crippen LogP contribution < -0.4 is 5.32 Å². The van der Waals surface area contributed by atoms with Gasteiger partial charge >= 0.3 is 0 Å². The Morgan fingerprint density at radius 1 is 1.35 bits per heavy atom. The van der Waals surface area contributed by atoms with Crippen LogP contribution in [0.5, 0.6) is 0 Å². The van der Waals surface area contributed by atoms with Crippen molar-refractivity contribution in [3.63, 3.8) is 0 Å². The fourth-order valence-corrected chi connectivity index (χ4v) is 2.14. The normalized spacial score (nSPS) is 12.5. The Morgan fingerprint density at radius 2 is 2.00 bits per heavy atom. The van der Waals surface area contributed by atoms with Crippen molar-refractivity contribution in [1.82, 2.24) is 5.32 Å². The first-order chi connectivity index (χ1) is 8.00. The molecular formula is C13H18FNOS. The van der Waals surface area contributed by atoms with Crippen LogP contribution >= 0.6 is 11.8 Å². The Morgan fingerprint density at radius 3 is 2.59 bits per heavy atom. The predicted molar refractivity (Wildman–Crippen MR) is 69.6 cm³/mol. The predicted octanol–water partition coefficient (Wildman–Crippen LogP) is 3.08. The summed E-state index contributed by atoms with van der Waals surface area (Å²) < 4.78 is 13.4. The van der Waals surface area contributed by atoms with Gasteiger partial charge in [0.2, 0.25) is 5.91 Å². The van der Waals surface area contributed by atoms with Gasteiger partial charge in [-0.25, -0.2) is 4.39 Å². The number of carbonyl (C=O) groups excluding carboxylic acids is 1. The molecule has 1 unspecified atom stereocenters. The molecule has 0 fully saturated rings. The standard InChI is InChI=1S/C13H18FNOS/c1-9(2)8-15-13(16)10(3)17-12-7-5-4-6-11(12)14/h4-7,9-10H,8H2,1-3H3,(H,15,16). The highest BCUT2D eigenvalue weighted by Gasteiger charge is 2.15. The molecule has 1 amide bonds. The zero-order valence-electron chi connectivity index (χ0n) is 10.4. The first-order valence-corrected chi connectivity index (χ1v) is 6.57. The Hall–Kier alpha value is -1.03.